The SMILES string of the molecule is Clc1ccccc1CC(CBr)Cc1ccc(Br)cc1. The average Bonchev–Trinajstić information content (AvgIpc) is 2.43. The minimum atomic E-state index is 0.557. The highest BCUT2D eigenvalue weighted by Crippen LogP contribution is 2.23. The van der Waals surface area contributed by atoms with Crippen LogP contribution in [-0.2, 0) is 12.8 Å². The number of rotatable bonds is 5. The van der Waals surface area contributed by atoms with Gasteiger partial charge in [-0.3, -0.25) is 0 Å². The van der Waals surface area contributed by atoms with E-state index < -0.39 is 0 Å². The van der Waals surface area contributed by atoms with Gasteiger partial charge in [-0.05, 0) is 48.1 Å². The summed E-state index contributed by atoms with van der Waals surface area (Å²) in [6.07, 6.45) is 2.06. The first-order valence-electron chi connectivity index (χ1n) is 6.23. The molecule has 19 heavy (non-hydrogen) atoms. The summed E-state index contributed by atoms with van der Waals surface area (Å²) in [7, 11) is 0. The molecule has 0 spiro atoms. The molecule has 2 rings (SSSR count). The fourth-order valence-corrected chi connectivity index (χ4v) is 3.05. The van der Waals surface area contributed by atoms with Crippen molar-refractivity contribution in [3.63, 3.8) is 0 Å². The van der Waals surface area contributed by atoms with Crippen molar-refractivity contribution in [2.75, 3.05) is 5.33 Å². The summed E-state index contributed by atoms with van der Waals surface area (Å²) in [6, 6.07) is 16.6. The molecule has 0 heterocycles. The zero-order valence-corrected chi connectivity index (χ0v) is 14.4. The van der Waals surface area contributed by atoms with Gasteiger partial charge in [0.1, 0.15) is 0 Å². The summed E-state index contributed by atoms with van der Waals surface area (Å²) in [5.74, 6) is 0.557. The highest BCUT2D eigenvalue weighted by atomic mass is 79.9. The molecule has 0 nitrogen and oxygen atoms in total. The Balaban J connectivity index is 2.05. The van der Waals surface area contributed by atoms with Crippen LogP contribution in [0.25, 0.3) is 0 Å². The van der Waals surface area contributed by atoms with Gasteiger partial charge in [0.05, 0.1) is 0 Å². The molecule has 0 saturated heterocycles. The first kappa shape index (κ1) is 15.1. The number of benzene rings is 2. The molecule has 0 N–H and O–H groups in total. The molecule has 2 aromatic rings. The van der Waals surface area contributed by atoms with Crippen LogP contribution in [0.1, 0.15) is 11.1 Å². The lowest BCUT2D eigenvalue weighted by atomic mass is 9.94. The molecule has 1 unspecified atom stereocenters. The predicted octanol–water partition coefficient (Wildman–Crippen LogP) is 5.90. The Labute approximate surface area is 136 Å². The minimum Gasteiger partial charge on any atom is -0.0925 e. The van der Waals surface area contributed by atoms with Gasteiger partial charge in [-0.1, -0.05) is 73.8 Å². The monoisotopic (exact) mass is 400 g/mol. The van der Waals surface area contributed by atoms with Crippen molar-refractivity contribution < 1.29 is 0 Å². The maximum absolute atomic E-state index is 6.23. The maximum atomic E-state index is 6.23. The lowest BCUT2D eigenvalue weighted by Crippen LogP contribution is -2.10. The Morgan fingerprint density at radius 2 is 1.63 bits per heavy atom. The van der Waals surface area contributed by atoms with Crippen LogP contribution < -0.4 is 0 Å². The Hall–Kier alpha value is -0.310. The molecule has 1 atom stereocenters. The number of hydrogen-bond acceptors (Lipinski definition) is 0. The third-order valence-electron chi connectivity index (χ3n) is 3.12. The van der Waals surface area contributed by atoms with Gasteiger partial charge in [0, 0.05) is 14.8 Å². The van der Waals surface area contributed by atoms with Gasteiger partial charge in [-0.25, -0.2) is 0 Å². The minimum absolute atomic E-state index is 0.557. The molecule has 0 saturated carbocycles. The largest absolute Gasteiger partial charge is 0.0925 e. The summed E-state index contributed by atoms with van der Waals surface area (Å²) in [6.45, 7) is 0. The molecule has 0 amide bonds. The van der Waals surface area contributed by atoms with E-state index in [-0.39, 0.29) is 0 Å². The molecule has 100 valence electrons. The number of alkyl halides is 1. The smallest absolute Gasteiger partial charge is 0.0438 e. The van der Waals surface area contributed by atoms with Gasteiger partial charge in [-0.15, -0.1) is 0 Å². The quantitative estimate of drug-likeness (QED) is 0.546. The zero-order chi connectivity index (χ0) is 13.7. The highest BCUT2D eigenvalue weighted by Gasteiger charge is 2.11. The molecule has 0 bridgehead atoms. The van der Waals surface area contributed by atoms with Crippen LogP contribution in [-0.4, -0.2) is 5.33 Å². The van der Waals surface area contributed by atoms with Crippen LogP contribution in [0.3, 0.4) is 0 Å². The van der Waals surface area contributed by atoms with Crippen molar-refractivity contribution in [3.05, 3.63) is 69.2 Å². The third-order valence-corrected chi connectivity index (χ3v) is 4.94. The van der Waals surface area contributed by atoms with Crippen LogP contribution >= 0.6 is 43.5 Å². The van der Waals surface area contributed by atoms with Crippen LogP contribution in [0.5, 0.6) is 0 Å². The normalized spacial score (nSPS) is 12.4. The van der Waals surface area contributed by atoms with Crippen molar-refractivity contribution >= 4 is 43.5 Å². The topological polar surface area (TPSA) is 0 Å². The zero-order valence-electron chi connectivity index (χ0n) is 10.5. The molecule has 0 aliphatic carbocycles. The molecule has 3 heteroatoms. The van der Waals surface area contributed by atoms with Crippen molar-refractivity contribution in [1.82, 2.24) is 0 Å². The fourth-order valence-electron chi connectivity index (χ4n) is 2.11. The van der Waals surface area contributed by atoms with Gasteiger partial charge in [0.2, 0.25) is 0 Å². The second-order valence-corrected chi connectivity index (χ2v) is 6.62. The van der Waals surface area contributed by atoms with Crippen LogP contribution in [0.2, 0.25) is 5.02 Å². The van der Waals surface area contributed by atoms with E-state index in [1.54, 1.807) is 0 Å². The molecule has 0 fully saturated rings. The Morgan fingerprint density at radius 1 is 0.947 bits per heavy atom. The van der Waals surface area contributed by atoms with E-state index in [0.717, 1.165) is 27.7 Å². The summed E-state index contributed by atoms with van der Waals surface area (Å²) in [5, 5.41) is 1.85. The summed E-state index contributed by atoms with van der Waals surface area (Å²) in [4.78, 5) is 0. The van der Waals surface area contributed by atoms with Gasteiger partial charge in [-0.2, -0.15) is 0 Å². The van der Waals surface area contributed by atoms with Gasteiger partial charge < -0.3 is 0 Å². The Bertz CT molecular complexity index is 523. The first-order chi connectivity index (χ1) is 9.19. The summed E-state index contributed by atoms with van der Waals surface area (Å²) < 4.78 is 1.12. The van der Waals surface area contributed by atoms with E-state index in [1.807, 2.05) is 18.2 Å². The molecular weight excluding hydrogens is 387 g/mol. The van der Waals surface area contributed by atoms with Gasteiger partial charge >= 0.3 is 0 Å². The standard InChI is InChI=1S/C16H15Br2Cl/c17-11-13(9-12-5-7-15(18)8-6-12)10-14-3-1-2-4-16(14)19/h1-8,13H,9-11H2. The maximum Gasteiger partial charge on any atom is 0.0438 e. The van der Waals surface area contributed by atoms with E-state index in [2.05, 4.69) is 62.2 Å². The van der Waals surface area contributed by atoms with Crippen molar-refractivity contribution in [3.8, 4) is 0 Å². The van der Waals surface area contributed by atoms with E-state index in [1.165, 1.54) is 11.1 Å². The molecule has 0 aromatic heterocycles. The third kappa shape index (κ3) is 4.62. The Morgan fingerprint density at radius 3 is 2.26 bits per heavy atom. The predicted molar refractivity (Wildman–Crippen MR) is 90.3 cm³/mol. The van der Waals surface area contributed by atoms with Crippen molar-refractivity contribution in [1.29, 1.82) is 0 Å². The first-order valence-corrected chi connectivity index (χ1v) is 8.52. The summed E-state index contributed by atoms with van der Waals surface area (Å²) >= 11 is 13.3. The van der Waals surface area contributed by atoms with Crippen molar-refractivity contribution in [2.45, 2.75) is 12.8 Å². The lowest BCUT2D eigenvalue weighted by Gasteiger charge is -2.15. The van der Waals surface area contributed by atoms with E-state index >= 15 is 0 Å². The van der Waals surface area contributed by atoms with E-state index in [4.69, 9.17) is 11.6 Å². The lowest BCUT2D eigenvalue weighted by molar-refractivity contribution is 0.591. The molecular formula is C16H15Br2Cl. The Kier molecular flexibility index (Phi) is 5.93. The van der Waals surface area contributed by atoms with E-state index in [0.29, 0.717) is 5.92 Å². The second-order valence-electron chi connectivity index (χ2n) is 4.65. The number of hydrogen-bond donors (Lipinski definition) is 0. The van der Waals surface area contributed by atoms with Crippen molar-refractivity contribution in [2.24, 2.45) is 5.92 Å². The highest BCUT2D eigenvalue weighted by molar-refractivity contribution is 9.10. The van der Waals surface area contributed by atoms with Gasteiger partial charge in [0.15, 0.2) is 0 Å². The second kappa shape index (κ2) is 7.47. The summed E-state index contributed by atoms with van der Waals surface area (Å²) in [5.41, 5.74) is 2.59. The van der Waals surface area contributed by atoms with Crippen LogP contribution in [0.4, 0.5) is 0 Å². The molecule has 0 aliphatic heterocycles. The van der Waals surface area contributed by atoms with Gasteiger partial charge in [0.25, 0.3) is 0 Å². The molecule has 0 radical (unpaired) electrons. The fraction of sp³-hybridized carbons (Fsp3) is 0.250. The molecule has 2 aromatic carbocycles. The molecule has 0 aliphatic rings. The number of halogens is 3. The van der Waals surface area contributed by atoms with Crippen LogP contribution in [0.15, 0.2) is 53.0 Å². The van der Waals surface area contributed by atoms with Crippen LogP contribution in [0, 0.1) is 5.92 Å². The average molecular weight is 403 g/mol. The van der Waals surface area contributed by atoms with E-state index in [9.17, 15) is 0 Å².